The van der Waals surface area contributed by atoms with E-state index in [-0.39, 0.29) is 23.6 Å². The van der Waals surface area contributed by atoms with Crippen molar-refractivity contribution in [3.8, 4) is 11.8 Å². The average molecular weight is 347 g/mol. The summed E-state index contributed by atoms with van der Waals surface area (Å²) in [5.74, 6) is -0.325. The second kappa shape index (κ2) is 8.09. The third kappa shape index (κ3) is 3.96. The molecule has 3 rings (SSSR count). The van der Waals surface area contributed by atoms with Crippen LogP contribution >= 0.6 is 0 Å². The highest BCUT2D eigenvalue weighted by Gasteiger charge is 2.09. The van der Waals surface area contributed by atoms with E-state index in [1.165, 1.54) is 12.1 Å². The minimum Gasteiger partial charge on any atom is -0.488 e. The molecule has 128 valence electrons. The minimum absolute atomic E-state index is 0.0547. The van der Waals surface area contributed by atoms with Gasteiger partial charge in [0.15, 0.2) is 0 Å². The first-order chi connectivity index (χ1) is 12.7. The van der Waals surface area contributed by atoms with Crippen LogP contribution in [0.1, 0.15) is 16.7 Å². The van der Waals surface area contributed by atoms with Crippen molar-refractivity contribution < 1.29 is 13.5 Å². The Morgan fingerprint density at radius 1 is 0.885 bits per heavy atom. The molecule has 0 unspecified atom stereocenters. The molecule has 4 heteroatoms. The van der Waals surface area contributed by atoms with Gasteiger partial charge >= 0.3 is 0 Å². The number of nitrogens with zero attached hydrogens (tertiary/aromatic N) is 1. The molecule has 0 aliphatic heterocycles. The molecule has 3 aromatic rings. The first kappa shape index (κ1) is 17.4. The molecule has 0 atom stereocenters. The first-order valence-corrected chi connectivity index (χ1v) is 8.01. The number of ether oxygens (including phenoxy) is 1. The molecule has 2 nitrogen and oxygen atoms in total. The summed E-state index contributed by atoms with van der Waals surface area (Å²) in [5, 5.41) is 9.43. The van der Waals surface area contributed by atoms with Crippen molar-refractivity contribution in [2.45, 2.75) is 6.61 Å². The molecule has 0 heterocycles. The quantitative estimate of drug-likeness (QED) is 0.444. The van der Waals surface area contributed by atoms with Gasteiger partial charge in [-0.2, -0.15) is 5.26 Å². The number of benzene rings is 3. The van der Waals surface area contributed by atoms with Crippen LogP contribution in [0.15, 0.2) is 72.8 Å². The molecule has 0 fully saturated rings. The third-order valence-electron chi connectivity index (χ3n) is 3.84. The summed E-state index contributed by atoms with van der Waals surface area (Å²) < 4.78 is 33.5. The van der Waals surface area contributed by atoms with E-state index >= 15 is 0 Å². The number of halogens is 2. The van der Waals surface area contributed by atoms with Crippen molar-refractivity contribution in [3.63, 3.8) is 0 Å². The van der Waals surface area contributed by atoms with Crippen LogP contribution in [0.3, 0.4) is 0 Å². The van der Waals surface area contributed by atoms with Gasteiger partial charge in [0.2, 0.25) is 0 Å². The predicted octanol–water partition coefficient (Wildman–Crippen LogP) is 5.61. The van der Waals surface area contributed by atoms with Crippen LogP contribution in [-0.4, -0.2) is 0 Å². The molecule has 0 spiro atoms. The van der Waals surface area contributed by atoms with E-state index in [1.54, 1.807) is 66.7 Å². The molecule has 0 bridgehead atoms. The number of hydrogen-bond donors (Lipinski definition) is 0. The predicted molar refractivity (Wildman–Crippen MR) is 97.1 cm³/mol. The summed E-state index contributed by atoms with van der Waals surface area (Å²) in [5.41, 5.74) is 1.45. The van der Waals surface area contributed by atoms with Crippen LogP contribution in [0.5, 0.6) is 5.75 Å². The maximum absolute atomic E-state index is 14.0. The van der Waals surface area contributed by atoms with Gasteiger partial charge < -0.3 is 4.74 Å². The summed E-state index contributed by atoms with van der Waals surface area (Å²) in [4.78, 5) is 0. The monoisotopic (exact) mass is 347 g/mol. The van der Waals surface area contributed by atoms with Crippen LogP contribution in [0, 0.1) is 23.0 Å². The highest BCUT2D eigenvalue weighted by molar-refractivity contribution is 5.90. The summed E-state index contributed by atoms with van der Waals surface area (Å²) >= 11 is 0. The number of allylic oxidation sites excluding steroid dienone is 1. The number of rotatable bonds is 5. The Hall–Kier alpha value is -3.45. The zero-order chi connectivity index (χ0) is 18.4. The topological polar surface area (TPSA) is 33.0 Å². The standard InChI is InChI=1S/C22H15F2NO/c23-20-10-4-1-8-17(20)15-26-22-12-6-2-7-16(22)13-18(14-25)19-9-3-5-11-21(19)24/h1-13H,15H2/b18-13-. The Morgan fingerprint density at radius 3 is 2.27 bits per heavy atom. The molecule has 3 aromatic carbocycles. The van der Waals surface area contributed by atoms with Gasteiger partial charge in [-0.15, -0.1) is 0 Å². The highest BCUT2D eigenvalue weighted by Crippen LogP contribution is 2.26. The van der Waals surface area contributed by atoms with Gasteiger partial charge in [-0.25, -0.2) is 8.78 Å². The molecule has 0 amide bonds. The van der Waals surface area contributed by atoms with Gasteiger partial charge in [-0.1, -0.05) is 54.6 Å². The van der Waals surface area contributed by atoms with E-state index in [0.717, 1.165) is 0 Å². The van der Waals surface area contributed by atoms with Gasteiger partial charge in [-0.05, 0) is 24.3 Å². The maximum Gasteiger partial charge on any atom is 0.131 e. The lowest BCUT2D eigenvalue weighted by Crippen LogP contribution is -1.99. The molecular weight excluding hydrogens is 332 g/mol. The number of para-hydroxylation sites is 1. The summed E-state index contributed by atoms with van der Waals surface area (Å²) in [6, 6.07) is 21.5. The average Bonchev–Trinajstić information content (AvgIpc) is 2.67. The molecule has 0 aliphatic carbocycles. The Labute approximate surface area is 150 Å². The smallest absolute Gasteiger partial charge is 0.131 e. The summed E-state index contributed by atoms with van der Waals surface area (Å²) in [7, 11) is 0. The molecule has 26 heavy (non-hydrogen) atoms. The van der Waals surface area contributed by atoms with E-state index < -0.39 is 5.82 Å². The van der Waals surface area contributed by atoms with Gasteiger partial charge in [-0.3, -0.25) is 0 Å². The van der Waals surface area contributed by atoms with E-state index in [4.69, 9.17) is 4.74 Å². The maximum atomic E-state index is 14.0. The lowest BCUT2D eigenvalue weighted by atomic mass is 10.0. The largest absolute Gasteiger partial charge is 0.488 e. The van der Waals surface area contributed by atoms with Crippen molar-refractivity contribution in [2.75, 3.05) is 0 Å². The zero-order valence-corrected chi connectivity index (χ0v) is 13.8. The van der Waals surface area contributed by atoms with Crippen LogP contribution in [0.25, 0.3) is 11.6 Å². The molecule has 0 aromatic heterocycles. The summed E-state index contributed by atoms with van der Waals surface area (Å²) in [6.45, 7) is 0.0547. The number of nitriles is 1. The lowest BCUT2D eigenvalue weighted by Gasteiger charge is -2.10. The fourth-order valence-electron chi connectivity index (χ4n) is 2.51. The van der Waals surface area contributed by atoms with E-state index in [9.17, 15) is 14.0 Å². The molecule has 0 N–H and O–H groups in total. The van der Waals surface area contributed by atoms with E-state index in [0.29, 0.717) is 16.9 Å². The molecular formula is C22H15F2NO. The molecule has 0 saturated heterocycles. The van der Waals surface area contributed by atoms with Crippen LogP contribution in [-0.2, 0) is 6.61 Å². The minimum atomic E-state index is -0.468. The van der Waals surface area contributed by atoms with Crippen molar-refractivity contribution in [2.24, 2.45) is 0 Å². The van der Waals surface area contributed by atoms with Gasteiger partial charge in [0.05, 0.1) is 11.6 Å². The SMILES string of the molecule is N#C/C(=C/c1ccccc1OCc1ccccc1F)c1ccccc1F. The van der Waals surface area contributed by atoms with Crippen LogP contribution in [0.2, 0.25) is 0 Å². The van der Waals surface area contributed by atoms with Crippen LogP contribution < -0.4 is 4.74 Å². The summed E-state index contributed by atoms with van der Waals surface area (Å²) in [6.07, 6.45) is 1.56. The van der Waals surface area contributed by atoms with E-state index in [2.05, 4.69) is 0 Å². The number of hydrogen-bond acceptors (Lipinski definition) is 2. The second-order valence-electron chi connectivity index (χ2n) is 5.57. The van der Waals surface area contributed by atoms with Gasteiger partial charge in [0, 0.05) is 16.7 Å². The molecule has 0 radical (unpaired) electrons. The van der Waals surface area contributed by atoms with E-state index in [1.807, 2.05) is 6.07 Å². The Morgan fingerprint density at radius 2 is 1.54 bits per heavy atom. The lowest BCUT2D eigenvalue weighted by molar-refractivity contribution is 0.299. The Balaban J connectivity index is 1.90. The highest BCUT2D eigenvalue weighted by atomic mass is 19.1. The molecule has 0 aliphatic rings. The van der Waals surface area contributed by atoms with Crippen LogP contribution in [0.4, 0.5) is 8.78 Å². The van der Waals surface area contributed by atoms with Crippen molar-refractivity contribution in [1.29, 1.82) is 5.26 Å². The fourth-order valence-corrected chi connectivity index (χ4v) is 2.51. The fraction of sp³-hybridized carbons (Fsp3) is 0.0455. The Bertz CT molecular complexity index is 989. The molecule has 0 saturated carbocycles. The second-order valence-corrected chi connectivity index (χ2v) is 5.57. The normalized spacial score (nSPS) is 11.0. The third-order valence-corrected chi connectivity index (χ3v) is 3.84. The zero-order valence-electron chi connectivity index (χ0n) is 13.8. The Kier molecular flexibility index (Phi) is 5.40. The van der Waals surface area contributed by atoms with Gasteiger partial charge in [0.25, 0.3) is 0 Å². The van der Waals surface area contributed by atoms with Crippen molar-refractivity contribution >= 4 is 11.6 Å². The van der Waals surface area contributed by atoms with Crippen molar-refractivity contribution in [3.05, 3.63) is 101 Å². The first-order valence-electron chi connectivity index (χ1n) is 8.01. The van der Waals surface area contributed by atoms with Gasteiger partial charge in [0.1, 0.15) is 24.0 Å². The van der Waals surface area contributed by atoms with Crippen molar-refractivity contribution in [1.82, 2.24) is 0 Å².